The monoisotopic (exact) mass is 414 g/mol. The molecule has 0 saturated carbocycles. The molecule has 1 N–H and O–H groups in total. The van der Waals surface area contributed by atoms with Crippen LogP contribution in [0.1, 0.15) is 61.4 Å². The Morgan fingerprint density at radius 2 is 1.93 bits per heavy atom. The first kappa shape index (κ1) is 20.8. The summed E-state index contributed by atoms with van der Waals surface area (Å²) < 4.78 is 6.31. The Bertz CT molecular complexity index is 861. The van der Waals surface area contributed by atoms with Crippen molar-refractivity contribution in [3.8, 4) is 5.75 Å². The zero-order chi connectivity index (χ0) is 21.5. The Labute approximate surface area is 177 Å². The molecule has 0 aromatic heterocycles. The standard InChI is InChI=1S/C23H30N2O5/c1-15-3-4-20-18(13-15)19(27)14-23(30-20)8-5-21(28)25(12-9-23)16(2)22(29)24-10-6-17(26)7-11-24/h3-4,13,16-17,26H,5-12,14H2,1-2H3/t16-,23+/m1/s1. The highest BCUT2D eigenvalue weighted by Gasteiger charge is 2.44. The number of carbonyl (C=O) groups excluding carboxylic acids is 3. The second-order valence-corrected chi connectivity index (χ2v) is 8.95. The van der Waals surface area contributed by atoms with Gasteiger partial charge in [-0.2, -0.15) is 0 Å². The first-order chi connectivity index (χ1) is 14.3. The Kier molecular flexibility index (Phi) is 5.57. The van der Waals surface area contributed by atoms with Gasteiger partial charge in [0.15, 0.2) is 5.78 Å². The normalized spacial score (nSPS) is 26.2. The lowest BCUT2D eigenvalue weighted by molar-refractivity contribution is -0.146. The van der Waals surface area contributed by atoms with Crippen molar-refractivity contribution in [2.45, 2.75) is 70.1 Å². The van der Waals surface area contributed by atoms with Crippen LogP contribution in [0.4, 0.5) is 0 Å². The second kappa shape index (κ2) is 8.02. The van der Waals surface area contributed by atoms with E-state index in [9.17, 15) is 19.5 Å². The molecule has 3 heterocycles. The first-order valence-electron chi connectivity index (χ1n) is 10.9. The maximum atomic E-state index is 12.9. The van der Waals surface area contributed by atoms with Gasteiger partial charge in [-0.05, 0) is 45.2 Å². The number of fused-ring (bicyclic) bond motifs is 1. The van der Waals surface area contributed by atoms with Crippen molar-refractivity contribution in [1.29, 1.82) is 0 Å². The van der Waals surface area contributed by atoms with Crippen LogP contribution in [-0.2, 0) is 9.59 Å². The molecule has 7 heteroatoms. The molecule has 0 unspecified atom stereocenters. The molecule has 7 nitrogen and oxygen atoms in total. The zero-order valence-electron chi connectivity index (χ0n) is 17.7. The third kappa shape index (κ3) is 3.95. The highest BCUT2D eigenvalue weighted by atomic mass is 16.5. The van der Waals surface area contributed by atoms with E-state index in [-0.39, 0.29) is 36.5 Å². The number of aliphatic hydroxyl groups is 1. The summed E-state index contributed by atoms with van der Waals surface area (Å²) in [4.78, 5) is 42.0. The van der Waals surface area contributed by atoms with Crippen LogP contribution in [0.2, 0.25) is 0 Å². The van der Waals surface area contributed by atoms with E-state index in [4.69, 9.17) is 4.74 Å². The van der Waals surface area contributed by atoms with Crippen molar-refractivity contribution in [1.82, 2.24) is 9.80 Å². The van der Waals surface area contributed by atoms with Crippen LogP contribution in [0, 0.1) is 6.92 Å². The van der Waals surface area contributed by atoms with E-state index in [1.54, 1.807) is 16.7 Å². The predicted molar refractivity (Wildman–Crippen MR) is 110 cm³/mol. The average molecular weight is 415 g/mol. The van der Waals surface area contributed by atoms with E-state index >= 15 is 0 Å². The minimum absolute atomic E-state index is 0.0526. The molecule has 0 aliphatic carbocycles. The number of carbonyl (C=O) groups is 3. The van der Waals surface area contributed by atoms with Gasteiger partial charge in [-0.1, -0.05) is 11.6 Å². The van der Waals surface area contributed by atoms with Gasteiger partial charge in [-0.25, -0.2) is 0 Å². The Hall–Kier alpha value is -2.41. The van der Waals surface area contributed by atoms with Crippen molar-refractivity contribution < 1.29 is 24.2 Å². The molecule has 0 radical (unpaired) electrons. The van der Waals surface area contributed by atoms with E-state index < -0.39 is 11.6 Å². The Balaban J connectivity index is 1.47. The highest BCUT2D eigenvalue weighted by molar-refractivity contribution is 6.00. The summed E-state index contributed by atoms with van der Waals surface area (Å²) in [6.45, 7) is 5.14. The number of likely N-dealkylation sites (tertiary alicyclic amines) is 2. The van der Waals surface area contributed by atoms with Crippen LogP contribution < -0.4 is 4.74 Å². The summed E-state index contributed by atoms with van der Waals surface area (Å²) in [5, 5.41) is 9.68. The number of hydrogen-bond donors (Lipinski definition) is 1. The summed E-state index contributed by atoms with van der Waals surface area (Å²) in [5.74, 6) is 0.494. The fraction of sp³-hybridized carbons (Fsp3) is 0.609. The molecule has 0 bridgehead atoms. The molecular formula is C23H30N2O5. The number of nitrogens with zero attached hydrogens (tertiary/aromatic N) is 2. The van der Waals surface area contributed by atoms with Crippen LogP contribution in [-0.4, -0.2) is 69.9 Å². The number of amides is 2. The van der Waals surface area contributed by atoms with Gasteiger partial charge in [0.2, 0.25) is 11.8 Å². The lowest BCUT2D eigenvalue weighted by atomic mass is 9.84. The number of rotatable bonds is 2. The topological polar surface area (TPSA) is 87.2 Å². The smallest absolute Gasteiger partial charge is 0.245 e. The van der Waals surface area contributed by atoms with Crippen molar-refractivity contribution >= 4 is 17.6 Å². The third-order valence-electron chi connectivity index (χ3n) is 6.77. The second-order valence-electron chi connectivity index (χ2n) is 8.95. The molecule has 30 heavy (non-hydrogen) atoms. The minimum Gasteiger partial charge on any atom is -0.486 e. The summed E-state index contributed by atoms with van der Waals surface area (Å²) in [5.41, 5.74) is 0.937. The van der Waals surface area contributed by atoms with Crippen LogP contribution >= 0.6 is 0 Å². The SMILES string of the molecule is Cc1ccc2c(c1)C(=O)C[C@@]1(CCC(=O)N([C@H](C)C(=O)N3CCC(O)CC3)CC1)O2. The van der Waals surface area contributed by atoms with Crippen LogP contribution in [0.5, 0.6) is 5.75 Å². The maximum absolute atomic E-state index is 12.9. The summed E-state index contributed by atoms with van der Waals surface area (Å²) >= 11 is 0. The van der Waals surface area contributed by atoms with Crippen molar-refractivity contribution in [3.05, 3.63) is 29.3 Å². The molecule has 162 valence electrons. The molecule has 3 aliphatic heterocycles. The number of hydrogen-bond acceptors (Lipinski definition) is 5. The highest BCUT2D eigenvalue weighted by Crippen LogP contribution is 2.40. The Morgan fingerprint density at radius 1 is 1.20 bits per heavy atom. The molecule has 2 saturated heterocycles. The molecule has 2 fully saturated rings. The fourth-order valence-corrected chi connectivity index (χ4v) is 4.83. The third-order valence-corrected chi connectivity index (χ3v) is 6.77. The van der Waals surface area contributed by atoms with Crippen molar-refractivity contribution in [3.63, 3.8) is 0 Å². The van der Waals surface area contributed by atoms with Crippen LogP contribution in [0.3, 0.4) is 0 Å². The van der Waals surface area contributed by atoms with Gasteiger partial charge in [-0.15, -0.1) is 0 Å². The minimum atomic E-state index is -0.693. The molecule has 1 spiro atoms. The lowest BCUT2D eigenvalue weighted by Gasteiger charge is -2.38. The zero-order valence-corrected chi connectivity index (χ0v) is 17.7. The van der Waals surface area contributed by atoms with Gasteiger partial charge in [-0.3, -0.25) is 14.4 Å². The lowest BCUT2D eigenvalue weighted by Crippen LogP contribution is -2.52. The largest absolute Gasteiger partial charge is 0.486 e. The van der Waals surface area contributed by atoms with Gasteiger partial charge in [0.25, 0.3) is 0 Å². The summed E-state index contributed by atoms with van der Waals surface area (Å²) in [7, 11) is 0. The number of benzene rings is 1. The summed E-state index contributed by atoms with van der Waals surface area (Å²) in [6, 6.07) is 5.06. The molecular weight excluding hydrogens is 384 g/mol. The van der Waals surface area contributed by atoms with Crippen LogP contribution in [0.15, 0.2) is 18.2 Å². The van der Waals surface area contributed by atoms with Gasteiger partial charge in [0.1, 0.15) is 17.4 Å². The van der Waals surface area contributed by atoms with E-state index in [0.29, 0.717) is 56.6 Å². The fourth-order valence-electron chi connectivity index (χ4n) is 4.83. The molecule has 2 amide bonds. The molecule has 2 atom stereocenters. The number of ether oxygens (including phenoxy) is 1. The summed E-state index contributed by atoms with van der Waals surface area (Å²) in [6.07, 6.45) is 2.31. The number of ketones is 1. The van der Waals surface area contributed by atoms with Gasteiger partial charge < -0.3 is 19.6 Å². The first-order valence-corrected chi connectivity index (χ1v) is 10.9. The van der Waals surface area contributed by atoms with Crippen molar-refractivity contribution in [2.24, 2.45) is 0 Å². The number of aliphatic hydroxyl groups excluding tert-OH is 1. The van der Waals surface area contributed by atoms with E-state index in [0.717, 1.165) is 5.56 Å². The van der Waals surface area contributed by atoms with Gasteiger partial charge >= 0.3 is 0 Å². The van der Waals surface area contributed by atoms with E-state index in [2.05, 4.69) is 0 Å². The Morgan fingerprint density at radius 3 is 2.67 bits per heavy atom. The molecule has 1 aromatic rings. The predicted octanol–water partition coefficient (Wildman–Crippen LogP) is 2.08. The number of Topliss-reactive ketones (excluding diaryl/α,β-unsaturated/α-hetero) is 1. The molecule has 1 aromatic carbocycles. The van der Waals surface area contributed by atoms with Crippen molar-refractivity contribution in [2.75, 3.05) is 19.6 Å². The van der Waals surface area contributed by atoms with Crippen LogP contribution in [0.25, 0.3) is 0 Å². The van der Waals surface area contributed by atoms with Gasteiger partial charge in [0.05, 0.1) is 18.1 Å². The number of aryl methyl sites for hydroxylation is 1. The van der Waals surface area contributed by atoms with E-state index in [1.807, 2.05) is 25.1 Å². The van der Waals surface area contributed by atoms with E-state index in [1.165, 1.54) is 0 Å². The average Bonchev–Trinajstić information content (AvgIpc) is 2.87. The number of piperidine rings is 1. The molecule has 4 rings (SSSR count). The molecule has 3 aliphatic rings. The maximum Gasteiger partial charge on any atom is 0.245 e. The van der Waals surface area contributed by atoms with Gasteiger partial charge in [0, 0.05) is 32.5 Å². The quantitative estimate of drug-likeness (QED) is 0.801.